The zero-order valence-corrected chi connectivity index (χ0v) is 10.6. The molecule has 1 rings (SSSR count). The molecule has 88 valence electrons. The van der Waals surface area contributed by atoms with Crippen LogP contribution < -0.4 is 5.73 Å². The number of rotatable bonds is 4. The fraction of sp³-hybridized carbons (Fsp3) is 0.500. The van der Waals surface area contributed by atoms with Crippen LogP contribution in [-0.2, 0) is 17.6 Å². The van der Waals surface area contributed by atoms with Gasteiger partial charge in [-0.3, -0.25) is 4.79 Å². The highest BCUT2D eigenvalue weighted by Crippen LogP contribution is 2.26. The normalized spacial score (nSPS) is 12.5. The standard InChI is InChI=1S/C14H21NO/c1-5-11-7-9(3)8-12(6-2)13(11)10(4)14(15)16/h7-8,10H,5-6H2,1-4H3,(H2,15,16). The van der Waals surface area contributed by atoms with E-state index in [1.54, 1.807) is 0 Å². The Morgan fingerprint density at radius 3 is 2.00 bits per heavy atom. The van der Waals surface area contributed by atoms with E-state index in [4.69, 9.17) is 5.73 Å². The fourth-order valence-electron chi connectivity index (χ4n) is 2.24. The number of carbonyl (C=O) groups is 1. The maximum Gasteiger partial charge on any atom is 0.224 e. The Kier molecular flexibility index (Phi) is 4.11. The number of carbonyl (C=O) groups excluding carboxylic acids is 1. The summed E-state index contributed by atoms with van der Waals surface area (Å²) in [4.78, 5) is 11.3. The van der Waals surface area contributed by atoms with Gasteiger partial charge in [0.05, 0.1) is 5.92 Å². The summed E-state index contributed by atoms with van der Waals surface area (Å²) in [6.45, 7) is 8.22. The smallest absolute Gasteiger partial charge is 0.224 e. The molecule has 0 aliphatic heterocycles. The Labute approximate surface area is 97.9 Å². The van der Waals surface area contributed by atoms with Crippen LogP contribution in [0.5, 0.6) is 0 Å². The minimum absolute atomic E-state index is 0.189. The average Bonchev–Trinajstić information content (AvgIpc) is 2.26. The van der Waals surface area contributed by atoms with Crippen molar-refractivity contribution < 1.29 is 4.79 Å². The van der Waals surface area contributed by atoms with E-state index in [9.17, 15) is 4.79 Å². The maximum absolute atomic E-state index is 11.3. The van der Waals surface area contributed by atoms with E-state index >= 15 is 0 Å². The lowest BCUT2D eigenvalue weighted by molar-refractivity contribution is -0.119. The van der Waals surface area contributed by atoms with E-state index in [-0.39, 0.29) is 11.8 Å². The SMILES string of the molecule is CCc1cc(C)cc(CC)c1C(C)C(N)=O. The van der Waals surface area contributed by atoms with Crippen LogP contribution in [0.1, 0.15) is 48.9 Å². The zero-order chi connectivity index (χ0) is 12.3. The fourth-order valence-corrected chi connectivity index (χ4v) is 2.24. The molecule has 2 nitrogen and oxygen atoms in total. The van der Waals surface area contributed by atoms with Gasteiger partial charge < -0.3 is 5.73 Å². The first-order valence-electron chi connectivity index (χ1n) is 5.92. The molecule has 1 atom stereocenters. The third-order valence-corrected chi connectivity index (χ3v) is 3.12. The van der Waals surface area contributed by atoms with E-state index in [0.29, 0.717) is 0 Å². The molecule has 0 fully saturated rings. The highest BCUT2D eigenvalue weighted by Gasteiger charge is 2.18. The summed E-state index contributed by atoms with van der Waals surface area (Å²) in [5.41, 5.74) is 10.3. The molecule has 2 heteroatoms. The second-order valence-corrected chi connectivity index (χ2v) is 4.33. The monoisotopic (exact) mass is 219 g/mol. The molecule has 1 unspecified atom stereocenters. The molecule has 0 saturated heterocycles. The van der Waals surface area contributed by atoms with E-state index < -0.39 is 0 Å². The van der Waals surface area contributed by atoms with Gasteiger partial charge in [0.25, 0.3) is 0 Å². The highest BCUT2D eigenvalue weighted by atomic mass is 16.1. The summed E-state index contributed by atoms with van der Waals surface area (Å²) < 4.78 is 0. The number of nitrogens with two attached hydrogens (primary N) is 1. The lowest BCUT2D eigenvalue weighted by atomic mass is 9.87. The minimum Gasteiger partial charge on any atom is -0.369 e. The lowest BCUT2D eigenvalue weighted by Gasteiger charge is -2.18. The van der Waals surface area contributed by atoms with Crippen LogP contribution in [0.4, 0.5) is 0 Å². The first kappa shape index (κ1) is 12.8. The largest absolute Gasteiger partial charge is 0.369 e. The van der Waals surface area contributed by atoms with Crippen molar-refractivity contribution in [3.05, 3.63) is 34.4 Å². The van der Waals surface area contributed by atoms with Gasteiger partial charge in [0.2, 0.25) is 5.91 Å². The van der Waals surface area contributed by atoms with E-state index in [1.807, 2.05) is 6.92 Å². The van der Waals surface area contributed by atoms with Gasteiger partial charge in [0.1, 0.15) is 0 Å². The molecule has 0 heterocycles. The Morgan fingerprint density at radius 1 is 1.25 bits per heavy atom. The molecule has 1 aromatic rings. The molecular weight excluding hydrogens is 198 g/mol. The molecule has 0 aliphatic rings. The lowest BCUT2D eigenvalue weighted by Crippen LogP contribution is -2.21. The van der Waals surface area contributed by atoms with Gasteiger partial charge in [-0.2, -0.15) is 0 Å². The van der Waals surface area contributed by atoms with Crippen molar-refractivity contribution in [2.24, 2.45) is 5.73 Å². The molecular formula is C14H21NO. The molecule has 0 spiro atoms. The predicted octanol–water partition coefficient (Wildman–Crippen LogP) is 2.71. The third kappa shape index (κ3) is 2.43. The van der Waals surface area contributed by atoms with Crippen molar-refractivity contribution in [3.63, 3.8) is 0 Å². The summed E-state index contributed by atoms with van der Waals surface area (Å²) in [6.07, 6.45) is 1.89. The third-order valence-electron chi connectivity index (χ3n) is 3.12. The van der Waals surface area contributed by atoms with Gasteiger partial charge in [-0.1, -0.05) is 31.5 Å². The number of benzene rings is 1. The summed E-state index contributed by atoms with van der Waals surface area (Å²) >= 11 is 0. The molecule has 0 aliphatic carbocycles. The molecule has 2 N–H and O–H groups in total. The van der Waals surface area contributed by atoms with Crippen molar-refractivity contribution >= 4 is 5.91 Å². The summed E-state index contributed by atoms with van der Waals surface area (Å²) in [6, 6.07) is 4.32. The van der Waals surface area contributed by atoms with Gasteiger partial charge >= 0.3 is 0 Å². The first-order chi connectivity index (χ1) is 7.51. The van der Waals surface area contributed by atoms with Crippen LogP contribution in [0.3, 0.4) is 0 Å². The molecule has 0 bridgehead atoms. The maximum atomic E-state index is 11.3. The number of hydrogen-bond acceptors (Lipinski definition) is 1. The second kappa shape index (κ2) is 5.15. The minimum atomic E-state index is -0.242. The van der Waals surface area contributed by atoms with Crippen LogP contribution in [0.25, 0.3) is 0 Å². The molecule has 0 saturated carbocycles. The predicted molar refractivity (Wildman–Crippen MR) is 67.5 cm³/mol. The molecule has 0 radical (unpaired) electrons. The van der Waals surface area contributed by atoms with Gasteiger partial charge in [-0.25, -0.2) is 0 Å². The quantitative estimate of drug-likeness (QED) is 0.831. The van der Waals surface area contributed by atoms with Crippen molar-refractivity contribution in [1.29, 1.82) is 0 Å². The van der Waals surface area contributed by atoms with Crippen LogP contribution >= 0.6 is 0 Å². The molecule has 1 amide bonds. The van der Waals surface area contributed by atoms with Gasteiger partial charge in [-0.05, 0) is 43.4 Å². The van der Waals surface area contributed by atoms with Crippen molar-refractivity contribution in [1.82, 2.24) is 0 Å². The zero-order valence-electron chi connectivity index (χ0n) is 10.6. The number of hydrogen-bond donors (Lipinski definition) is 1. The highest BCUT2D eigenvalue weighted by molar-refractivity contribution is 5.82. The first-order valence-corrected chi connectivity index (χ1v) is 5.92. The van der Waals surface area contributed by atoms with Gasteiger partial charge in [-0.15, -0.1) is 0 Å². The van der Waals surface area contributed by atoms with Crippen molar-refractivity contribution in [2.75, 3.05) is 0 Å². The average molecular weight is 219 g/mol. The molecule has 16 heavy (non-hydrogen) atoms. The van der Waals surface area contributed by atoms with E-state index in [1.165, 1.54) is 16.7 Å². The Morgan fingerprint density at radius 2 is 1.69 bits per heavy atom. The van der Waals surface area contributed by atoms with Crippen LogP contribution in [0.2, 0.25) is 0 Å². The number of primary amides is 1. The van der Waals surface area contributed by atoms with Crippen LogP contribution in [0.15, 0.2) is 12.1 Å². The Balaban J connectivity index is 3.38. The van der Waals surface area contributed by atoms with Gasteiger partial charge in [0.15, 0.2) is 0 Å². The second-order valence-electron chi connectivity index (χ2n) is 4.33. The Bertz CT molecular complexity index is 371. The molecule has 1 aromatic carbocycles. The van der Waals surface area contributed by atoms with Crippen LogP contribution in [-0.4, -0.2) is 5.91 Å². The van der Waals surface area contributed by atoms with Gasteiger partial charge in [0, 0.05) is 0 Å². The summed E-state index contributed by atoms with van der Waals surface area (Å²) in [5, 5.41) is 0. The summed E-state index contributed by atoms with van der Waals surface area (Å²) in [5.74, 6) is -0.432. The number of aryl methyl sites for hydroxylation is 3. The number of amides is 1. The van der Waals surface area contributed by atoms with Crippen molar-refractivity contribution in [3.8, 4) is 0 Å². The van der Waals surface area contributed by atoms with Crippen LogP contribution in [0, 0.1) is 6.92 Å². The van der Waals surface area contributed by atoms with E-state index in [0.717, 1.165) is 18.4 Å². The van der Waals surface area contributed by atoms with E-state index in [2.05, 4.69) is 32.9 Å². The molecule has 0 aromatic heterocycles. The summed E-state index contributed by atoms with van der Waals surface area (Å²) in [7, 11) is 0. The Hall–Kier alpha value is -1.31. The van der Waals surface area contributed by atoms with Crippen molar-refractivity contribution in [2.45, 2.75) is 46.5 Å². The topological polar surface area (TPSA) is 43.1 Å².